The Bertz CT molecular complexity index is 215. The fourth-order valence-electron chi connectivity index (χ4n) is 1.62. The van der Waals surface area contributed by atoms with Crippen molar-refractivity contribution in [3.63, 3.8) is 0 Å². The minimum Gasteiger partial charge on any atom is -0.462 e. The summed E-state index contributed by atoms with van der Waals surface area (Å²) in [6.45, 7) is 5.81. The van der Waals surface area contributed by atoms with Crippen LogP contribution in [0.15, 0.2) is 0 Å². The Labute approximate surface area is 91.8 Å². The molecule has 1 aliphatic rings. The van der Waals surface area contributed by atoms with Crippen LogP contribution in [0.1, 0.15) is 52.9 Å². The van der Waals surface area contributed by atoms with Crippen molar-refractivity contribution >= 4 is 5.97 Å². The third kappa shape index (κ3) is 3.49. The van der Waals surface area contributed by atoms with Gasteiger partial charge in [-0.2, -0.15) is 0 Å². The summed E-state index contributed by atoms with van der Waals surface area (Å²) in [5, 5.41) is 9.33. The molecule has 0 saturated heterocycles. The standard InChI is InChI=1S/C12H22O3/c1-4-12(2,3)11(14)15-10-7-5-9(13)6-8-10/h9-10,13H,4-8H2,1-3H3. The molecule has 0 aromatic carbocycles. The van der Waals surface area contributed by atoms with Gasteiger partial charge < -0.3 is 9.84 Å². The monoisotopic (exact) mass is 214 g/mol. The molecule has 1 saturated carbocycles. The van der Waals surface area contributed by atoms with E-state index in [2.05, 4.69) is 0 Å². The Kier molecular flexibility index (Phi) is 4.14. The number of rotatable bonds is 3. The van der Waals surface area contributed by atoms with E-state index in [0.29, 0.717) is 0 Å². The van der Waals surface area contributed by atoms with Gasteiger partial charge in [-0.25, -0.2) is 0 Å². The maximum Gasteiger partial charge on any atom is 0.311 e. The number of hydrogen-bond donors (Lipinski definition) is 1. The SMILES string of the molecule is CCC(C)(C)C(=O)OC1CCC(O)CC1. The van der Waals surface area contributed by atoms with Crippen LogP contribution >= 0.6 is 0 Å². The summed E-state index contributed by atoms with van der Waals surface area (Å²) >= 11 is 0. The quantitative estimate of drug-likeness (QED) is 0.733. The molecule has 0 bridgehead atoms. The minimum atomic E-state index is -0.379. The molecule has 0 heterocycles. The zero-order chi connectivity index (χ0) is 11.5. The number of esters is 1. The Morgan fingerprint density at radius 2 is 1.87 bits per heavy atom. The Morgan fingerprint density at radius 3 is 2.33 bits per heavy atom. The molecule has 0 radical (unpaired) electrons. The number of hydrogen-bond acceptors (Lipinski definition) is 3. The molecule has 1 fully saturated rings. The molecule has 0 aromatic rings. The first-order valence-electron chi connectivity index (χ1n) is 5.85. The van der Waals surface area contributed by atoms with Crippen LogP contribution in [0, 0.1) is 5.41 Å². The van der Waals surface area contributed by atoms with Crippen molar-refractivity contribution < 1.29 is 14.6 Å². The molecule has 3 nitrogen and oxygen atoms in total. The third-order valence-electron chi connectivity index (χ3n) is 3.35. The summed E-state index contributed by atoms with van der Waals surface area (Å²) in [5.74, 6) is -0.105. The second kappa shape index (κ2) is 4.97. The lowest BCUT2D eigenvalue weighted by atomic mass is 9.90. The summed E-state index contributed by atoms with van der Waals surface area (Å²) in [5.41, 5.74) is -0.379. The van der Waals surface area contributed by atoms with Crippen LogP contribution in [0.2, 0.25) is 0 Å². The summed E-state index contributed by atoms with van der Waals surface area (Å²) in [7, 11) is 0. The molecule has 15 heavy (non-hydrogen) atoms. The van der Waals surface area contributed by atoms with Gasteiger partial charge in [-0.15, -0.1) is 0 Å². The van der Waals surface area contributed by atoms with Crippen molar-refractivity contribution in [2.75, 3.05) is 0 Å². The molecule has 0 aliphatic heterocycles. The van der Waals surface area contributed by atoms with Gasteiger partial charge >= 0.3 is 5.97 Å². The number of carbonyl (C=O) groups is 1. The van der Waals surface area contributed by atoms with Crippen LogP contribution in [0.4, 0.5) is 0 Å². The molecule has 1 rings (SSSR count). The highest BCUT2D eigenvalue weighted by molar-refractivity contribution is 5.75. The van der Waals surface area contributed by atoms with E-state index >= 15 is 0 Å². The van der Waals surface area contributed by atoms with E-state index in [1.54, 1.807) is 0 Å². The fourth-order valence-corrected chi connectivity index (χ4v) is 1.62. The van der Waals surface area contributed by atoms with Crippen molar-refractivity contribution in [1.29, 1.82) is 0 Å². The van der Waals surface area contributed by atoms with Crippen LogP contribution in [0.3, 0.4) is 0 Å². The molecular formula is C12H22O3. The van der Waals surface area contributed by atoms with Crippen LogP contribution in [0.25, 0.3) is 0 Å². The first-order valence-corrected chi connectivity index (χ1v) is 5.85. The average molecular weight is 214 g/mol. The number of aliphatic hydroxyl groups is 1. The lowest BCUT2D eigenvalue weighted by Crippen LogP contribution is -2.33. The van der Waals surface area contributed by atoms with Gasteiger partial charge in [0.15, 0.2) is 0 Å². The van der Waals surface area contributed by atoms with E-state index in [4.69, 9.17) is 4.74 Å². The molecule has 3 heteroatoms. The van der Waals surface area contributed by atoms with Gasteiger partial charge in [0.05, 0.1) is 11.5 Å². The van der Waals surface area contributed by atoms with Gasteiger partial charge in [0.2, 0.25) is 0 Å². The topological polar surface area (TPSA) is 46.5 Å². The van der Waals surface area contributed by atoms with Crippen molar-refractivity contribution in [2.24, 2.45) is 5.41 Å². The maximum atomic E-state index is 11.8. The van der Waals surface area contributed by atoms with E-state index in [0.717, 1.165) is 32.1 Å². The van der Waals surface area contributed by atoms with Gasteiger partial charge in [0.25, 0.3) is 0 Å². The van der Waals surface area contributed by atoms with Crippen LogP contribution < -0.4 is 0 Å². The van der Waals surface area contributed by atoms with Crippen molar-refractivity contribution in [1.82, 2.24) is 0 Å². The predicted octanol–water partition coefficient (Wildman–Crippen LogP) is 2.27. The van der Waals surface area contributed by atoms with Gasteiger partial charge in [0, 0.05) is 0 Å². The van der Waals surface area contributed by atoms with E-state index in [1.165, 1.54) is 0 Å². The van der Waals surface area contributed by atoms with Crippen LogP contribution in [-0.2, 0) is 9.53 Å². The summed E-state index contributed by atoms with van der Waals surface area (Å²) < 4.78 is 5.45. The van der Waals surface area contributed by atoms with E-state index in [1.807, 2.05) is 20.8 Å². The molecule has 0 unspecified atom stereocenters. The van der Waals surface area contributed by atoms with Crippen LogP contribution in [0.5, 0.6) is 0 Å². The zero-order valence-corrected chi connectivity index (χ0v) is 9.95. The number of carbonyl (C=O) groups excluding carboxylic acids is 1. The predicted molar refractivity (Wildman–Crippen MR) is 58.4 cm³/mol. The Balaban J connectivity index is 2.39. The normalized spacial score (nSPS) is 27.5. The molecule has 1 N–H and O–H groups in total. The molecule has 0 spiro atoms. The van der Waals surface area contributed by atoms with Crippen molar-refractivity contribution in [3.05, 3.63) is 0 Å². The summed E-state index contributed by atoms with van der Waals surface area (Å²) in [6.07, 6.45) is 3.72. The lowest BCUT2D eigenvalue weighted by molar-refractivity contribution is -0.162. The largest absolute Gasteiger partial charge is 0.462 e. The summed E-state index contributed by atoms with van der Waals surface area (Å²) in [6, 6.07) is 0. The minimum absolute atomic E-state index is 0.0201. The number of aliphatic hydroxyl groups excluding tert-OH is 1. The highest BCUT2D eigenvalue weighted by Gasteiger charge is 2.30. The van der Waals surface area contributed by atoms with Gasteiger partial charge in [-0.1, -0.05) is 6.92 Å². The average Bonchev–Trinajstić information content (AvgIpc) is 2.21. The third-order valence-corrected chi connectivity index (χ3v) is 3.35. The number of ether oxygens (including phenoxy) is 1. The van der Waals surface area contributed by atoms with Crippen molar-refractivity contribution in [2.45, 2.75) is 65.1 Å². The smallest absolute Gasteiger partial charge is 0.311 e. The van der Waals surface area contributed by atoms with Gasteiger partial charge in [-0.3, -0.25) is 4.79 Å². The first kappa shape index (κ1) is 12.5. The highest BCUT2D eigenvalue weighted by atomic mass is 16.5. The molecule has 0 aromatic heterocycles. The summed E-state index contributed by atoms with van der Waals surface area (Å²) in [4.78, 5) is 11.8. The maximum absolute atomic E-state index is 11.8. The highest BCUT2D eigenvalue weighted by Crippen LogP contribution is 2.26. The molecule has 88 valence electrons. The van der Waals surface area contributed by atoms with Crippen LogP contribution in [-0.4, -0.2) is 23.3 Å². The Morgan fingerprint density at radius 1 is 1.33 bits per heavy atom. The van der Waals surface area contributed by atoms with Gasteiger partial charge in [-0.05, 0) is 46.0 Å². The van der Waals surface area contributed by atoms with Crippen molar-refractivity contribution in [3.8, 4) is 0 Å². The fraction of sp³-hybridized carbons (Fsp3) is 0.917. The molecular weight excluding hydrogens is 192 g/mol. The molecule has 0 atom stereocenters. The lowest BCUT2D eigenvalue weighted by Gasteiger charge is -2.29. The van der Waals surface area contributed by atoms with E-state index < -0.39 is 0 Å². The first-order chi connectivity index (χ1) is 6.95. The van der Waals surface area contributed by atoms with E-state index in [9.17, 15) is 9.90 Å². The second-order valence-electron chi connectivity index (χ2n) is 5.07. The zero-order valence-electron chi connectivity index (χ0n) is 9.95. The second-order valence-corrected chi connectivity index (χ2v) is 5.07. The van der Waals surface area contributed by atoms with Gasteiger partial charge in [0.1, 0.15) is 6.10 Å². The van der Waals surface area contributed by atoms with E-state index in [-0.39, 0.29) is 23.6 Å². The Hall–Kier alpha value is -0.570. The molecule has 1 aliphatic carbocycles. The molecule has 0 amide bonds.